The average Bonchev–Trinajstić information content (AvgIpc) is 2.93. The minimum Gasteiger partial charge on any atom is -0.497 e. The molecule has 1 saturated heterocycles. The molecular formula is C30H30FN5O2. The van der Waals surface area contributed by atoms with Gasteiger partial charge in [0.25, 0.3) is 11.4 Å². The molecule has 38 heavy (non-hydrogen) atoms. The molecule has 7 nitrogen and oxygen atoms in total. The van der Waals surface area contributed by atoms with Gasteiger partial charge in [0.05, 0.1) is 24.4 Å². The van der Waals surface area contributed by atoms with Crippen molar-refractivity contribution in [2.45, 2.75) is 32.0 Å². The van der Waals surface area contributed by atoms with Crippen molar-refractivity contribution in [2.24, 2.45) is 7.05 Å². The van der Waals surface area contributed by atoms with Gasteiger partial charge in [-0.2, -0.15) is 0 Å². The summed E-state index contributed by atoms with van der Waals surface area (Å²) in [5, 5.41) is 0. The summed E-state index contributed by atoms with van der Waals surface area (Å²) in [5.74, 6) is 0.812. The van der Waals surface area contributed by atoms with Crippen LogP contribution >= 0.6 is 0 Å². The van der Waals surface area contributed by atoms with Gasteiger partial charge >= 0.3 is 0 Å². The molecule has 0 aliphatic carbocycles. The van der Waals surface area contributed by atoms with E-state index in [1.54, 1.807) is 36.9 Å². The largest absolute Gasteiger partial charge is 0.497 e. The van der Waals surface area contributed by atoms with Crippen LogP contribution in [-0.4, -0.2) is 46.7 Å². The number of halogens is 1. The molecule has 1 aliphatic heterocycles. The minimum atomic E-state index is -0.266. The summed E-state index contributed by atoms with van der Waals surface area (Å²) in [6.07, 6.45) is 0. The fourth-order valence-electron chi connectivity index (χ4n) is 5.44. The van der Waals surface area contributed by atoms with Gasteiger partial charge in [0, 0.05) is 38.3 Å². The maximum Gasteiger partial charge on any atom is 0.270 e. The van der Waals surface area contributed by atoms with Gasteiger partial charge in [-0.3, -0.25) is 9.69 Å². The lowest BCUT2D eigenvalue weighted by atomic mass is 9.93. The number of piperazine rings is 1. The Kier molecular flexibility index (Phi) is 6.87. The van der Waals surface area contributed by atoms with Crippen LogP contribution in [0.1, 0.15) is 31.0 Å². The van der Waals surface area contributed by atoms with E-state index in [4.69, 9.17) is 11.3 Å². The quantitative estimate of drug-likeness (QED) is 0.340. The summed E-state index contributed by atoms with van der Waals surface area (Å²) in [4.78, 5) is 25.6. The number of hydrogen-bond donors (Lipinski definition) is 0. The lowest BCUT2D eigenvalue weighted by molar-refractivity contribution is 0.130. The van der Waals surface area contributed by atoms with Crippen LogP contribution in [0.15, 0.2) is 71.5 Å². The van der Waals surface area contributed by atoms with E-state index >= 15 is 0 Å². The van der Waals surface area contributed by atoms with Crippen LogP contribution in [0.3, 0.4) is 0 Å². The molecular weight excluding hydrogens is 481 g/mol. The van der Waals surface area contributed by atoms with Crippen molar-refractivity contribution < 1.29 is 9.13 Å². The number of aryl methyl sites for hydroxylation is 1. The molecule has 2 aromatic heterocycles. The first kappa shape index (κ1) is 25.4. The topological polar surface area (TPSA) is 55.0 Å². The molecule has 194 valence electrons. The Morgan fingerprint density at radius 3 is 2.29 bits per heavy atom. The van der Waals surface area contributed by atoms with Crippen LogP contribution in [0.25, 0.3) is 15.9 Å². The zero-order valence-electron chi connectivity index (χ0n) is 21.9. The summed E-state index contributed by atoms with van der Waals surface area (Å²) >= 11 is 0. The first-order chi connectivity index (χ1) is 18.3. The number of benzene rings is 2. The first-order valence-electron chi connectivity index (χ1n) is 12.6. The Hall–Kier alpha value is -4.22. The standard InChI is InChI=1S/C30H30FN5O2/c1-19-18-36(30(21-6-10-23(31)11-7-21)22-8-12-24(38-5)13-9-22)20(2)17-35(19)26-16-28(37)34(4)25-14-15-27(32-3)33-29(25)26/h6-16,19-20,30H,17-18H2,1-2,4-5H3/t19-,20+,30?/m0/s1. The predicted octanol–water partition coefficient (Wildman–Crippen LogP) is 5.32. The van der Waals surface area contributed by atoms with Crippen LogP contribution in [-0.2, 0) is 7.05 Å². The summed E-state index contributed by atoms with van der Waals surface area (Å²) in [7, 11) is 3.37. The number of pyridine rings is 2. The highest BCUT2D eigenvalue weighted by atomic mass is 19.1. The number of aromatic nitrogens is 2. The maximum absolute atomic E-state index is 13.8. The molecule has 0 amide bonds. The molecule has 4 aromatic rings. The van der Waals surface area contributed by atoms with Crippen molar-refractivity contribution in [3.8, 4) is 5.75 Å². The van der Waals surface area contributed by atoms with Gasteiger partial charge in [0.15, 0.2) is 0 Å². The smallest absolute Gasteiger partial charge is 0.270 e. The van der Waals surface area contributed by atoms with Crippen LogP contribution in [0, 0.1) is 12.4 Å². The lowest BCUT2D eigenvalue weighted by Crippen LogP contribution is -2.57. The van der Waals surface area contributed by atoms with E-state index in [2.05, 4.69) is 45.6 Å². The van der Waals surface area contributed by atoms with E-state index < -0.39 is 0 Å². The highest BCUT2D eigenvalue weighted by Gasteiger charge is 2.36. The van der Waals surface area contributed by atoms with Gasteiger partial charge in [-0.1, -0.05) is 30.8 Å². The fraction of sp³-hybridized carbons (Fsp3) is 0.300. The molecule has 2 aromatic carbocycles. The SMILES string of the molecule is [C-]#[N+]c1ccc2c(n1)c(N1C[C@@H](C)N(C(c3ccc(F)cc3)c3ccc(OC)cc3)C[C@@H]1C)cc(=O)n2C. The molecule has 0 spiro atoms. The molecule has 0 saturated carbocycles. The van der Waals surface area contributed by atoms with E-state index in [1.165, 1.54) is 12.1 Å². The Morgan fingerprint density at radius 2 is 1.66 bits per heavy atom. The van der Waals surface area contributed by atoms with Crippen molar-refractivity contribution in [3.63, 3.8) is 0 Å². The summed E-state index contributed by atoms with van der Waals surface area (Å²) < 4.78 is 20.8. The normalized spacial score (nSPS) is 18.8. The van der Waals surface area contributed by atoms with Crippen LogP contribution in [0.5, 0.6) is 5.75 Å². The fourth-order valence-corrected chi connectivity index (χ4v) is 5.44. The highest BCUT2D eigenvalue weighted by molar-refractivity contribution is 5.89. The summed E-state index contributed by atoms with van der Waals surface area (Å²) in [5.41, 5.74) is 4.08. The Bertz CT molecular complexity index is 1560. The Morgan fingerprint density at radius 1 is 1.00 bits per heavy atom. The number of ether oxygens (including phenoxy) is 1. The van der Waals surface area contributed by atoms with Crippen LogP contribution in [0.4, 0.5) is 15.9 Å². The van der Waals surface area contributed by atoms with Crippen molar-refractivity contribution in [1.29, 1.82) is 0 Å². The van der Waals surface area contributed by atoms with Crippen molar-refractivity contribution >= 4 is 22.5 Å². The minimum absolute atomic E-state index is 0.0427. The van der Waals surface area contributed by atoms with Gasteiger partial charge in [-0.15, -0.1) is 4.98 Å². The van der Waals surface area contributed by atoms with E-state index in [1.807, 2.05) is 24.3 Å². The molecule has 0 bridgehead atoms. The Balaban J connectivity index is 1.54. The molecule has 3 heterocycles. The third-order valence-corrected chi connectivity index (χ3v) is 7.46. The molecule has 1 fully saturated rings. The van der Waals surface area contributed by atoms with Crippen molar-refractivity contribution in [3.05, 3.63) is 105 Å². The van der Waals surface area contributed by atoms with Gasteiger partial charge in [-0.05, 0) is 61.4 Å². The van der Waals surface area contributed by atoms with Crippen LogP contribution in [0.2, 0.25) is 0 Å². The van der Waals surface area contributed by atoms with Gasteiger partial charge in [0.1, 0.15) is 11.6 Å². The average molecular weight is 512 g/mol. The molecule has 0 N–H and O–H groups in total. The summed E-state index contributed by atoms with van der Waals surface area (Å²) in [6, 6.07) is 19.8. The molecule has 1 unspecified atom stereocenters. The lowest BCUT2D eigenvalue weighted by Gasteiger charge is -2.48. The molecule has 5 rings (SSSR count). The molecule has 8 heteroatoms. The van der Waals surface area contributed by atoms with Gasteiger partial charge in [-0.25, -0.2) is 4.39 Å². The second-order valence-corrected chi connectivity index (χ2v) is 9.85. The van der Waals surface area contributed by atoms with Gasteiger partial charge < -0.3 is 19.0 Å². The number of rotatable bonds is 5. The van der Waals surface area contributed by atoms with Crippen LogP contribution < -0.4 is 15.2 Å². The van der Waals surface area contributed by atoms with Crippen molar-refractivity contribution in [1.82, 2.24) is 14.5 Å². The maximum atomic E-state index is 13.8. The zero-order valence-corrected chi connectivity index (χ0v) is 21.9. The second-order valence-electron chi connectivity index (χ2n) is 9.85. The molecule has 3 atom stereocenters. The Labute approximate surface area is 221 Å². The van der Waals surface area contributed by atoms with E-state index in [0.717, 1.165) is 22.6 Å². The number of anilines is 1. The first-order valence-corrected chi connectivity index (χ1v) is 12.6. The highest BCUT2D eigenvalue weighted by Crippen LogP contribution is 2.36. The number of methoxy groups -OCH3 is 1. The van der Waals surface area contributed by atoms with E-state index in [9.17, 15) is 9.18 Å². The number of nitrogens with zero attached hydrogens (tertiary/aromatic N) is 5. The third kappa shape index (κ3) is 4.61. The number of fused-ring (bicyclic) bond motifs is 1. The monoisotopic (exact) mass is 511 g/mol. The number of hydrogen-bond acceptors (Lipinski definition) is 5. The van der Waals surface area contributed by atoms with Gasteiger partial charge in [0.2, 0.25) is 5.52 Å². The summed E-state index contributed by atoms with van der Waals surface area (Å²) in [6.45, 7) is 13.1. The third-order valence-electron chi connectivity index (χ3n) is 7.46. The second kappa shape index (κ2) is 10.3. The van der Waals surface area contributed by atoms with E-state index in [0.29, 0.717) is 29.9 Å². The zero-order chi connectivity index (χ0) is 27.0. The predicted molar refractivity (Wildman–Crippen MR) is 147 cm³/mol. The van der Waals surface area contributed by atoms with E-state index in [-0.39, 0.29) is 29.5 Å². The molecule has 0 radical (unpaired) electrons. The van der Waals surface area contributed by atoms with Crippen molar-refractivity contribution in [2.75, 3.05) is 25.1 Å². The molecule has 1 aliphatic rings.